The molecule has 1 heterocycles. The molecule has 2 atom stereocenters. The SMILES string of the molecule is COCC1CCN(C)C(c2ccccc2Cl)C1. The maximum Gasteiger partial charge on any atom is 0.0491 e. The van der Waals surface area contributed by atoms with Gasteiger partial charge in [0.2, 0.25) is 0 Å². The molecule has 94 valence electrons. The lowest BCUT2D eigenvalue weighted by Gasteiger charge is -2.37. The van der Waals surface area contributed by atoms with Gasteiger partial charge in [0.25, 0.3) is 0 Å². The molecule has 3 heteroatoms. The van der Waals surface area contributed by atoms with Gasteiger partial charge in [-0.05, 0) is 44.0 Å². The maximum absolute atomic E-state index is 6.29. The van der Waals surface area contributed by atoms with Crippen LogP contribution in [-0.4, -0.2) is 32.2 Å². The topological polar surface area (TPSA) is 12.5 Å². The van der Waals surface area contributed by atoms with Crippen LogP contribution in [0.25, 0.3) is 0 Å². The summed E-state index contributed by atoms with van der Waals surface area (Å²) in [5, 5.41) is 0.877. The molecular weight excluding hydrogens is 234 g/mol. The van der Waals surface area contributed by atoms with E-state index in [2.05, 4.69) is 24.1 Å². The molecule has 0 saturated carbocycles. The summed E-state index contributed by atoms with van der Waals surface area (Å²) in [6.45, 7) is 1.97. The zero-order chi connectivity index (χ0) is 12.3. The van der Waals surface area contributed by atoms with Gasteiger partial charge in [-0.1, -0.05) is 29.8 Å². The summed E-state index contributed by atoms with van der Waals surface area (Å²) in [5.41, 5.74) is 1.25. The third-order valence-corrected chi connectivity index (χ3v) is 3.99. The molecule has 0 aromatic heterocycles. The number of ether oxygens (including phenoxy) is 1. The molecule has 0 bridgehead atoms. The van der Waals surface area contributed by atoms with Crippen LogP contribution in [0.1, 0.15) is 24.4 Å². The van der Waals surface area contributed by atoms with Crippen molar-refractivity contribution in [2.75, 3.05) is 27.3 Å². The largest absolute Gasteiger partial charge is 0.384 e. The van der Waals surface area contributed by atoms with Gasteiger partial charge >= 0.3 is 0 Å². The monoisotopic (exact) mass is 253 g/mol. The number of rotatable bonds is 3. The zero-order valence-electron chi connectivity index (χ0n) is 10.5. The van der Waals surface area contributed by atoms with Gasteiger partial charge in [0.1, 0.15) is 0 Å². The molecule has 1 aromatic rings. The molecule has 2 rings (SSSR count). The van der Waals surface area contributed by atoms with Crippen molar-refractivity contribution in [2.24, 2.45) is 5.92 Å². The van der Waals surface area contributed by atoms with Crippen LogP contribution in [0, 0.1) is 5.92 Å². The molecule has 0 amide bonds. The quantitative estimate of drug-likeness (QED) is 0.819. The highest BCUT2D eigenvalue weighted by atomic mass is 35.5. The van der Waals surface area contributed by atoms with Crippen LogP contribution in [0.4, 0.5) is 0 Å². The molecule has 0 radical (unpaired) electrons. The Hall–Kier alpha value is -0.570. The third kappa shape index (κ3) is 3.01. The summed E-state index contributed by atoms with van der Waals surface area (Å²) in [6, 6.07) is 8.59. The summed E-state index contributed by atoms with van der Waals surface area (Å²) in [5.74, 6) is 0.650. The van der Waals surface area contributed by atoms with E-state index in [0.717, 1.165) is 24.6 Å². The van der Waals surface area contributed by atoms with E-state index in [0.29, 0.717) is 12.0 Å². The first kappa shape index (κ1) is 12.9. The van der Waals surface area contributed by atoms with E-state index in [4.69, 9.17) is 16.3 Å². The minimum Gasteiger partial charge on any atom is -0.384 e. The van der Waals surface area contributed by atoms with Crippen LogP contribution in [0.3, 0.4) is 0 Å². The van der Waals surface area contributed by atoms with Gasteiger partial charge in [0.05, 0.1) is 0 Å². The molecule has 0 N–H and O–H groups in total. The number of hydrogen-bond donors (Lipinski definition) is 0. The number of piperidine rings is 1. The molecule has 1 aromatic carbocycles. The average molecular weight is 254 g/mol. The van der Waals surface area contributed by atoms with Gasteiger partial charge in [-0.3, -0.25) is 4.90 Å². The van der Waals surface area contributed by atoms with E-state index in [-0.39, 0.29) is 0 Å². The second kappa shape index (κ2) is 5.85. The maximum atomic E-state index is 6.29. The lowest BCUT2D eigenvalue weighted by molar-refractivity contribution is 0.0770. The van der Waals surface area contributed by atoms with E-state index in [9.17, 15) is 0 Å². The standard InChI is InChI=1S/C14H20ClNO/c1-16-8-7-11(10-17-2)9-14(16)12-5-3-4-6-13(12)15/h3-6,11,14H,7-10H2,1-2H3. The average Bonchev–Trinajstić information content (AvgIpc) is 2.33. The lowest BCUT2D eigenvalue weighted by Crippen LogP contribution is -2.35. The van der Waals surface area contributed by atoms with Crippen molar-refractivity contribution in [1.82, 2.24) is 4.90 Å². The molecule has 2 unspecified atom stereocenters. The number of methoxy groups -OCH3 is 1. The highest BCUT2D eigenvalue weighted by molar-refractivity contribution is 6.31. The highest BCUT2D eigenvalue weighted by Gasteiger charge is 2.28. The van der Waals surface area contributed by atoms with Crippen molar-refractivity contribution in [2.45, 2.75) is 18.9 Å². The normalized spacial score (nSPS) is 26.1. The predicted molar refractivity (Wildman–Crippen MR) is 71.4 cm³/mol. The minimum atomic E-state index is 0.428. The summed E-state index contributed by atoms with van der Waals surface area (Å²) < 4.78 is 5.28. The fourth-order valence-corrected chi connectivity index (χ4v) is 2.91. The molecule has 0 aliphatic carbocycles. The van der Waals surface area contributed by atoms with E-state index in [1.807, 2.05) is 12.1 Å². The van der Waals surface area contributed by atoms with Crippen molar-refractivity contribution < 1.29 is 4.74 Å². The van der Waals surface area contributed by atoms with Gasteiger partial charge in [-0.2, -0.15) is 0 Å². The first-order valence-corrected chi connectivity index (χ1v) is 6.53. The Labute approximate surface area is 109 Å². The van der Waals surface area contributed by atoms with E-state index >= 15 is 0 Å². The molecular formula is C14H20ClNO. The lowest BCUT2D eigenvalue weighted by atomic mass is 9.88. The Bertz CT molecular complexity index is 369. The minimum absolute atomic E-state index is 0.428. The van der Waals surface area contributed by atoms with Crippen molar-refractivity contribution >= 4 is 11.6 Å². The van der Waals surface area contributed by atoms with Gasteiger partial charge in [0, 0.05) is 24.8 Å². The van der Waals surface area contributed by atoms with Crippen molar-refractivity contribution in [3.63, 3.8) is 0 Å². The fraction of sp³-hybridized carbons (Fsp3) is 0.571. The summed E-state index contributed by atoms with van der Waals surface area (Å²) in [4.78, 5) is 2.40. The van der Waals surface area contributed by atoms with E-state index in [1.54, 1.807) is 7.11 Å². The van der Waals surface area contributed by atoms with Crippen LogP contribution in [-0.2, 0) is 4.74 Å². The van der Waals surface area contributed by atoms with Crippen LogP contribution in [0.5, 0.6) is 0 Å². The number of nitrogens with zero attached hydrogens (tertiary/aromatic N) is 1. The molecule has 0 spiro atoms. The van der Waals surface area contributed by atoms with Crippen LogP contribution in [0.2, 0.25) is 5.02 Å². The number of halogens is 1. The van der Waals surface area contributed by atoms with Crippen LogP contribution >= 0.6 is 11.6 Å². The molecule has 1 saturated heterocycles. The number of likely N-dealkylation sites (tertiary alicyclic amines) is 1. The molecule has 1 fully saturated rings. The Morgan fingerprint density at radius 2 is 2.18 bits per heavy atom. The summed E-state index contributed by atoms with van der Waals surface area (Å²) in [6.07, 6.45) is 2.35. The third-order valence-electron chi connectivity index (χ3n) is 3.65. The zero-order valence-corrected chi connectivity index (χ0v) is 11.3. The molecule has 2 nitrogen and oxygen atoms in total. The predicted octanol–water partition coefficient (Wildman–Crippen LogP) is 3.37. The Kier molecular flexibility index (Phi) is 4.43. The Morgan fingerprint density at radius 3 is 2.88 bits per heavy atom. The summed E-state index contributed by atoms with van der Waals surface area (Å²) >= 11 is 6.29. The number of benzene rings is 1. The fourth-order valence-electron chi connectivity index (χ4n) is 2.65. The highest BCUT2D eigenvalue weighted by Crippen LogP contribution is 2.36. The first-order chi connectivity index (χ1) is 8.22. The number of hydrogen-bond acceptors (Lipinski definition) is 2. The van der Waals surface area contributed by atoms with Gasteiger partial charge in [0.15, 0.2) is 0 Å². The second-order valence-electron chi connectivity index (χ2n) is 4.86. The van der Waals surface area contributed by atoms with Gasteiger partial charge < -0.3 is 4.74 Å². The summed E-state index contributed by atoms with van der Waals surface area (Å²) in [7, 11) is 3.96. The van der Waals surface area contributed by atoms with Crippen molar-refractivity contribution in [1.29, 1.82) is 0 Å². The van der Waals surface area contributed by atoms with Gasteiger partial charge in [-0.25, -0.2) is 0 Å². The first-order valence-electron chi connectivity index (χ1n) is 6.16. The van der Waals surface area contributed by atoms with Gasteiger partial charge in [-0.15, -0.1) is 0 Å². The van der Waals surface area contributed by atoms with E-state index in [1.165, 1.54) is 12.0 Å². The van der Waals surface area contributed by atoms with E-state index < -0.39 is 0 Å². The smallest absolute Gasteiger partial charge is 0.0491 e. The molecule has 1 aliphatic heterocycles. The molecule has 17 heavy (non-hydrogen) atoms. The second-order valence-corrected chi connectivity index (χ2v) is 5.27. The Balaban J connectivity index is 2.15. The van der Waals surface area contributed by atoms with Crippen molar-refractivity contribution in [3.8, 4) is 0 Å². The van der Waals surface area contributed by atoms with Crippen LogP contribution in [0.15, 0.2) is 24.3 Å². The van der Waals surface area contributed by atoms with Crippen LogP contribution < -0.4 is 0 Å². The van der Waals surface area contributed by atoms with Crippen molar-refractivity contribution in [3.05, 3.63) is 34.9 Å². The Morgan fingerprint density at radius 1 is 1.41 bits per heavy atom. The molecule has 1 aliphatic rings.